The maximum atomic E-state index is 13.4. The van der Waals surface area contributed by atoms with Crippen molar-refractivity contribution in [2.24, 2.45) is 0 Å². The highest BCUT2D eigenvalue weighted by atomic mass is 16.6. The fourth-order valence-corrected chi connectivity index (χ4v) is 5.43. The van der Waals surface area contributed by atoms with Crippen LogP contribution in [0.5, 0.6) is 11.5 Å². The first-order valence-corrected chi connectivity index (χ1v) is 12.7. The molecule has 8 heteroatoms. The van der Waals surface area contributed by atoms with E-state index in [-0.39, 0.29) is 12.3 Å². The first-order valence-electron chi connectivity index (χ1n) is 12.7. The molecule has 8 nitrogen and oxygen atoms in total. The van der Waals surface area contributed by atoms with E-state index in [1.807, 2.05) is 19.9 Å². The maximum absolute atomic E-state index is 13.4. The molecule has 0 unspecified atom stereocenters. The molecule has 1 aromatic heterocycles. The summed E-state index contributed by atoms with van der Waals surface area (Å²) in [5.41, 5.74) is 3.20. The Bertz CT molecular complexity index is 1260. The SMILES string of the molecule is Cc1cc(C(=O)CN2C(=O)N[C@](C)(c3ccc4c(c3)OCCO4)C2=O)c(C)n1CCC1=CCCCC1. The monoisotopic (exact) mass is 491 g/mol. The number of carbonyl (C=O) groups excluding carboxylic acids is 3. The molecule has 0 bridgehead atoms. The fourth-order valence-electron chi connectivity index (χ4n) is 5.43. The van der Waals surface area contributed by atoms with Crippen LogP contribution < -0.4 is 14.8 Å². The third-order valence-electron chi connectivity index (χ3n) is 7.61. The Morgan fingerprint density at radius 2 is 1.86 bits per heavy atom. The Hall–Kier alpha value is -3.55. The number of urea groups is 1. The Labute approximate surface area is 211 Å². The predicted molar refractivity (Wildman–Crippen MR) is 134 cm³/mol. The number of aryl methyl sites for hydroxylation is 1. The molecule has 36 heavy (non-hydrogen) atoms. The van der Waals surface area contributed by atoms with Crippen LogP contribution in [0.1, 0.15) is 66.3 Å². The maximum Gasteiger partial charge on any atom is 0.325 e. The number of allylic oxidation sites excluding steroid dienone is 2. The number of nitrogens with zero attached hydrogens (tertiary/aromatic N) is 2. The van der Waals surface area contributed by atoms with Crippen molar-refractivity contribution in [3.63, 3.8) is 0 Å². The van der Waals surface area contributed by atoms with Gasteiger partial charge in [0, 0.05) is 23.5 Å². The number of aromatic nitrogens is 1. The van der Waals surface area contributed by atoms with Crippen LogP contribution in [-0.2, 0) is 16.9 Å². The third-order valence-corrected chi connectivity index (χ3v) is 7.61. The van der Waals surface area contributed by atoms with Gasteiger partial charge in [-0.15, -0.1) is 0 Å². The molecule has 0 saturated carbocycles. The second-order valence-corrected chi connectivity index (χ2v) is 10.0. The van der Waals surface area contributed by atoms with Gasteiger partial charge >= 0.3 is 6.03 Å². The number of hydrogen-bond acceptors (Lipinski definition) is 5. The summed E-state index contributed by atoms with van der Waals surface area (Å²) in [6, 6.07) is 6.48. The van der Waals surface area contributed by atoms with Crippen molar-refractivity contribution in [3.05, 3.63) is 58.4 Å². The summed E-state index contributed by atoms with van der Waals surface area (Å²) in [4.78, 5) is 40.6. The minimum Gasteiger partial charge on any atom is -0.486 e. The van der Waals surface area contributed by atoms with E-state index in [1.165, 1.54) is 18.4 Å². The quantitative estimate of drug-likeness (QED) is 0.352. The van der Waals surface area contributed by atoms with E-state index in [4.69, 9.17) is 9.47 Å². The number of carbonyl (C=O) groups is 3. The molecule has 1 N–H and O–H groups in total. The van der Waals surface area contributed by atoms with Crippen LogP contribution in [0.25, 0.3) is 0 Å². The van der Waals surface area contributed by atoms with Gasteiger partial charge in [0.1, 0.15) is 18.8 Å². The molecule has 1 saturated heterocycles. The molecular formula is C28H33N3O5. The van der Waals surface area contributed by atoms with E-state index in [0.717, 1.165) is 42.1 Å². The smallest absolute Gasteiger partial charge is 0.325 e. The van der Waals surface area contributed by atoms with Crippen molar-refractivity contribution in [2.75, 3.05) is 19.8 Å². The lowest BCUT2D eigenvalue weighted by Crippen LogP contribution is -2.41. The van der Waals surface area contributed by atoms with Crippen LogP contribution in [0.15, 0.2) is 35.9 Å². The van der Waals surface area contributed by atoms with Crippen molar-refractivity contribution in [1.82, 2.24) is 14.8 Å². The average Bonchev–Trinajstić information content (AvgIpc) is 3.29. The summed E-state index contributed by atoms with van der Waals surface area (Å²) in [7, 11) is 0. The fraction of sp³-hybridized carbons (Fsp3) is 0.464. The van der Waals surface area contributed by atoms with Gasteiger partial charge in [0.25, 0.3) is 5.91 Å². The number of Topliss-reactive ketones (excluding diaryl/α,β-unsaturated/α-hetero) is 1. The number of fused-ring (bicyclic) bond motifs is 1. The van der Waals surface area contributed by atoms with Gasteiger partial charge < -0.3 is 19.4 Å². The molecule has 3 aliphatic rings. The summed E-state index contributed by atoms with van der Waals surface area (Å²) >= 11 is 0. The van der Waals surface area contributed by atoms with Gasteiger partial charge in [-0.25, -0.2) is 4.79 Å². The molecule has 1 fully saturated rings. The van der Waals surface area contributed by atoms with Crippen molar-refractivity contribution < 1.29 is 23.9 Å². The van der Waals surface area contributed by atoms with Crippen LogP contribution >= 0.6 is 0 Å². The average molecular weight is 492 g/mol. The molecule has 2 aliphatic heterocycles. The van der Waals surface area contributed by atoms with Crippen molar-refractivity contribution in [3.8, 4) is 11.5 Å². The highest BCUT2D eigenvalue weighted by Crippen LogP contribution is 2.37. The standard InChI is InChI=1S/C28H33N3O5/c1-18-15-22(19(2)30(18)12-11-20-7-5-4-6-8-20)23(32)17-31-26(33)28(3,29-27(31)34)21-9-10-24-25(16-21)36-14-13-35-24/h7,9-10,15-16H,4-6,8,11-14,17H2,1-3H3,(H,29,34)/t28-/m1/s1. The molecule has 0 spiro atoms. The molecule has 3 amide bonds. The van der Waals surface area contributed by atoms with Gasteiger partial charge in [-0.05, 0) is 76.6 Å². The lowest BCUT2D eigenvalue weighted by molar-refractivity contribution is -0.130. The summed E-state index contributed by atoms with van der Waals surface area (Å²) in [5.74, 6) is 0.428. The van der Waals surface area contributed by atoms with Gasteiger partial charge in [-0.2, -0.15) is 0 Å². The zero-order chi connectivity index (χ0) is 25.4. The molecule has 1 aromatic carbocycles. The second kappa shape index (κ2) is 9.48. The van der Waals surface area contributed by atoms with Gasteiger partial charge in [0.2, 0.25) is 0 Å². The van der Waals surface area contributed by atoms with Gasteiger partial charge in [0.15, 0.2) is 17.3 Å². The molecule has 2 aromatic rings. The second-order valence-electron chi connectivity index (χ2n) is 10.0. The first kappa shape index (κ1) is 24.2. The summed E-state index contributed by atoms with van der Waals surface area (Å²) in [6.07, 6.45) is 8.14. The number of imide groups is 1. The van der Waals surface area contributed by atoms with Crippen LogP contribution in [-0.4, -0.2) is 46.9 Å². The van der Waals surface area contributed by atoms with Crippen molar-refractivity contribution in [1.29, 1.82) is 0 Å². The molecule has 190 valence electrons. The van der Waals surface area contributed by atoms with Crippen LogP contribution in [0.4, 0.5) is 4.79 Å². The lowest BCUT2D eigenvalue weighted by atomic mass is 9.91. The third kappa shape index (κ3) is 4.29. The van der Waals surface area contributed by atoms with Crippen molar-refractivity contribution in [2.45, 2.75) is 65.0 Å². The molecule has 0 radical (unpaired) electrons. The largest absolute Gasteiger partial charge is 0.486 e. The predicted octanol–water partition coefficient (Wildman–Crippen LogP) is 4.42. The number of benzene rings is 1. The molecule has 1 aliphatic carbocycles. The minimum absolute atomic E-state index is 0.249. The van der Waals surface area contributed by atoms with Crippen LogP contribution in [0.3, 0.4) is 0 Å². The van der Waals surface area contributed by atoms with E-state index >= 15 is 0 Å². The number of hydrogen-bond donors (Lipinski definition) is 1. The van der Waals surface area contributed by atoms with Gasteiger partial charge in [-0.3, -0.25) is 14.5 Å². The number of ketones is 1. The van der Waals surface area contributed by atoms with E-state index in [1.54, 1.807) is 25.1 Å². The van der Waals surface area contributed by atoms with Gasteiger partial charge in [-0.1, -0.05) is 17.7 Å². The molecule has 1 atom stereocenters. The zero-order valence-corrected chi connectivity index (χ0v) is 21.2. The molecule has 3 heterocycles. The first-order chi connectivity index (χ1) is 17.3. The van der Waals surface area contributed by atoms with E-state index in [0.29, 0.717) is 35.8 Å². The van der Waals surface area contributed by atoms with E-state index < -0.39 is 17.5 Å². The Balaban J connectivity index is 1.31. The summed E-state index contributed by atoms with van der Waals surface area (Å²) in [5, 5.41) is 2.78. The van der Waals surface area contributed by atoms with Gasteiger partial charge in [0.05, 0.1) is 6.54 Å². The highest BCUT2D eigenvalue weighted by Gasteiger charge is 2.50. The Morgan fingerprint density at radius 3 is 2.61 bits per heavy atom. The molecule has 5 rings (SSSR count). The number of rotatable bonds is 7. The minimum atomic E-state index is -1.29. The van der Waals surface area contributed by atoms with Crippen LogP contribution in [0.2, 0.25) is 0 Å². The van der Waals surface area contributed by atoms with Crippen molar-refractivity contribution >= 4 is 17.7 Å². The van der Waals surface area contributed by atoms with Crippen LogP contribution in [0, 0.1) is 13.8 Å². The normalized spacial score (nSPS) is 21.4. The number of amides is 3. The topological polar surface area (TPSA) is 89.9 Å². The number of ether oxygens (including phenoxy) is 2. The summed E-state index contributed by atoms with van der Waals surface area (Å²) < 4.78 is 13.4. The van der Waals surface area contributed by atoms with E-state index in [2.05, 4.69) is 16.0 Å². The lowest BCUT2D eigenvalue weighted by Gasteiger charge is -2.25. The molecular weight excluding hydrogens is 458 g/mol. The number of nitrogens with one attached hydrogen (secondary N) is 1. The Morgan fingerprint density at radius 1 is 1.08 bits per heavy atom. The highest BCUT2D eigenvalue weighted by molar-refractivity contribution is 6.11. The zero-order valence-electron chi connectivity index (χ0n) is 21.2. The summed E-state index contributed by atoms with van der Waals surface area (Å²) in [6.45, 7) is 6.97. The Kier molecular flexibility index (Phi) is 6.36. The van der Waals surface area contributed by atoms with E-state index in [9.17, 15) is 14.4 Å².